The Morgan fingerprint density at radius 1 is 1.20 bits per heavy atom. The summed E-state index contributed by atoms with van der Waals surface area (Å²) < 4.78 is 7.08. The first kappa shape index (κ1) is 13.9. The zero-order chi connectivity index (χ0) is 14.3. The molecule has 20 heavy (non-hydrogen) atoms. The van der Waals surface area contributed by atoms with Gasteiger partial charge in [-0.25, -0.2) is 0 Å². The zero-order valence-electron chi connectivity index (χ0n) is 11.1. The van der Waals surface area contributed by atoms with Crippen LogP contribution in [0.3, 0.4) is 0 Å². The fraction of sp³-hybridized carbons (Fsp3) is 0.250. The molecule has 0 spiro atoms. The van der Waals surface area contributed by atoms with E-state index in [0.717, 1.165) is 27.8 Å². The lowest BCUT2D eigenvalue weighted by atomic mass is 9.92. The van der Waals surface area contributed by atoms with Crippen molar-refractivity contribution < 1.29 is 4.74 Å². The Kier molecular flexibility index (Phi) is 3.76. The van der Waals surface area contributed by atoms with Gasteiger partial charge in [0.2, 0.25) is 0 Å². The van der Waals surface area contributed by atoms with Crippen LogP contribution in [0.2, 0.25) is 5.02 Å². The molecule has 1 unspecified atom stereocenters. The van der Waals surface area contributed by atoms with E-state index >= 15 is 0 Å². The van der Waals surface area contributed by atoms with Crippen LogP contribution >= 0.6 is 27.5 Å². The van der Waals surface area contributed by atoms with Gasteiger partial charge < -0.3 is 10.5 Å². The molecule has 1 aliphatic rings. The number of hydrogen-bond acceptors (Lipinski definition) is 2. The maximum Gasteiger partial charge on any atom is 0.127 e. The molecule has 0 saturated carbocycles. The minimum atomic E-state index is -0.106. The van der Waals surface area contributed by atoms with Gasteiger partial charge >= 0.3 is 0 Å². The summed E-state index contributed by atoms with van der Waals surface area (Å²) in [4.78, 5) is 0. The second-order valence-electron chi connectivity index (χ2n) is 5.16. The lowest BCUT2D eigenvalue weighted by Gasteiger charge is -2.31. The van der Waals surface area contributed by atoms with Crippen molar-refractivity contribution in [3.05, 3.63) is 62.6 Å². The molecular formula is C16H15BrClNO. The molecule has 1 aliphatic heterocycles. The summed E-state index contributed by atoms with van der Waals surface area (Å²) in [6.07, 6.45) is 0.623. The fourth-order valence-electron chi connectivity index (χ4n) is 2.58. The highest BCUT2D eigenvalue weighted by Gasteiger charge is 2.28. The number of halogens is 2. The van der Waals surface area contributed by atoms with Gasteiger partial charge in [-0.1, -0.05) is 45.2 Å². The standard InChI is InChI=1S/C16H15BrClNO/c1-9-2-5-15-12(6-9)14(19)8-16(20-15)11-7-10(17)3-4-13(11)18/h2-7,14,16H,8,19H2,1H3/t14-,16?/m0/s1. The average Bonchev–Trinajstić information content (AvgIpc) is 2.42. The largest absolute Gasteiger partial charge is 0.485 e. The molecule has 2 N–H and O–H groups in total. The highest BCUT2D eigenvalue weighted by Crippen LogP contribution is 2.42. The number of aryl methyl sites for hydroxylation is 1. The third-order valence-electron chi connectivity index (χ3n) is 3.61. The fourth-order valence-corrected chi connectivity index (χ4v) is 3.19. The number of fused-ring (bicyclic) bond motifs is 1. The molecule has 2 aromatic rings. The van der Waals surface area contributed by atoms with Crippen molar-refractivity contribution >= 4 is 27.5 Å². The summed E-state index contributed by atoms with van der Waals surface area (Å²) in [5, 5.41) is 0.709. The van der Waals surface area contributed by atoms with E-state index in [1.165, 1.54) is 5.56 Å². The van der Waals surface area contributed by atoms with Crippen molar-refractivity contribution in [2.45, 2.75) is 25.5 Å². The van der Waals surface area contributed by atoms with Crippen molar-refractivity contribution in [1.29, 1.82) is 0 Å². The van der Waals surface area contributed by atoms with Crippen molar-refractivity contribution in [2.75, 3.05) is 0 Å². The molecule has 0 amide bonds. The van der Waals surface area contributed by atoms with Gasteiger partial charge in [-0.2, -0.15) is 0 Å². The van der Waals surface area contributed by atoms with Gasteiger partial charge in [-0.15, -0.1) is 0 Å². The van der Waals surface area contributed by atoms with Gasteiger partial charge in [-0.05, 0) is 31.2 Å². The van der Waals surface area contributed by atoms with Crippen LogP contribution in [0.1, 0.15) is 35.3 Å². The number of benzene rings is 2. The normalized spacial score (nSPS) is 21.2. The van der Waals surface area contributed by atoms with Gasteiger partial charge in [0.05, 0.1) is 0 Å². The molecule has 0 aliphatic carbocycles. The predicted molar refractivity (Wildman–Crippen MR) is 85.2 cm³/mol. The third-order valence-corrected chi connectivity index (χ3v) is 4.44. The second-order valence-corrected chi connectivity index (χ2v) is 6.48. The van der Waals surface area contributed by atoms with Gasteiger partial charge in [0.25, 0.3) is 0 Å². The lowest BCUT2D eigenvalue weighted by Crippen LogP contribution is -2.24. The van der Waals surface area contributed by atoms with Crippen molar-refractivity contribution in [1.82, 2.24) is 0 Å². The molecule has 104 valence electrons. The molecule has 1 heterocycles. The second kappa shape index (κ2) is 5.40. The Hall–Kier alpha value is -1.03. The highest BCUT2D eigenvalue weighted by atomic mass is 79.9. The summed E-state index contributed by atoms with van der Waals surface area (Å²) in [5.74, 6) is 0.857. The smallest absolute Gasteiger partial charge is 0.127 e. The van der Waals surface area contributed by atoms with Crippen LogP contribution < -0.4 is 10.5 Å². The van der Waals surface area contributed by atoms with Crippen molar-refractivity contribution in [2.24, 2.45) is 5.73 Å². The molecule has 0 radical (unpaired) electrons. The minimum Gasteiger partial charge on any atom is -0.485 e. The van der Waals surface area contributed by atoms with Gasteiger partial charge in [-0.3, -0.25) is 0 Å². The number of ether oxygens (including phenoxy) is 1. The molecule has 2 aromatic carbocycles. The van der Waals surface area contributed by atoms with E-state index in [0.29, 0.717) is 5.02 Å². The summed E-state index contributed by atoms with van der Waals surface area (Å²) in [6.45, 7) is 2.06. The zero-order valence-corrected chi connectivity index (χ0v) is 13.4. The summed E-state index contributed by atoms with van der Waals surface area (Å²) >= 11 is 9.76. The molecule has 3 rings (SSSR count). The van der Waals surface area contributed by atoms with Gasteiger partial charge in [0.1, 0.15) is 11.9 Å². The number of nitrogens with two attached hydrogens (primary N) is 1. The Balaban J connectivity index is 1.99. The van der Waals surface area contributed by atoms with Crippen molar-refractivity contribution in [3.63, 3.8) is 0 Å². The van der Waals surface area contributed by atoms with E-state index in [1.54, 1.807) is 0 Å². The molecule has 0 saturated heterocycles. The van der Waals surface area contributed by atoms with Crippen LogP contribution in [-0.2, 0) is 0 Å². The first-order chi connectivity index (χ1) is 9.54. The molecule has 0 aromatic heterocycles. The van der Waals surface area contributed by atoms with E-state index in [9.17, 15) is 0 Å². The number of rotatable bonds is 1. The van der Waals surface area contributed by atoms with Crippen molar-refractivity contribution in [3.8, 4) is 5.75 Å². The highest BCUT2D eigenvalue weighted by molar-refractivity contribution is 9.10. The minimum absolute atomic E-state index is 0.0290. The van der Waals surface area contributed by atoms with Gasteiger partial charge in [0, 0.05) is 33.1 Å². The van der Waals surface area contributed by atoms with Crippen LogP contribution in [0, 0.1) is 6.92 Å². The number of hydrogen-bond donors (Lipinski definition) is 1. The van der Waals surface area contributed by atoms with Gasteiger partial charge in [0.15, 0.2) is 0 Å². The van der Waals surface area contributed by atoms with Crippen LogP contribution in [0.4, 0.5) is 0 Å². The van der Waals surface area contributed by atoms with E-state index in [4.69, 9.17) is 22.1 Å². The van der Waals surface area contributed by atoms with E-state index in [1.807, 2.05) is 30.3 Å². The van der Waals surface area contributed by atoms with Crippen LogP contribution in [0.5, 0.6) is 5.75 Å². The van der Waals surface area contributed by atoms with E-state index in [2.05, 4.69) is 28.9 Å². The summed E-state index contributed by atoms with van der Waals surface area (Å²) in [5.41, 5.74) is 9.54. The average molecular weight is 353 g/mol. The summed E-state index contributed by atoms with van der Waals surface area (Å²) in [6, 6.07) is 11.9. The lowest BCUT2D eigenvalue weighted by molar-refractivity contribution is 0.161. The SMILES string of the molecule is Cc1ccc2c(c1)[C@@H](N)CC(c1cc(Br)ccc1Cl)O2. The quantitative estimate of drug-likeness (QED) is 0.789. The molecule has 2 atom stereocenters. The van der Waals surface area contributed by atoms with E-state index < -0.39 is 0 Å². The molecular weight excluding hydrogens is 338 g/mol. The predicted octanol–water partition coefficient (Wildman–Crippen LogP) is 4.93. The van der Waals surface area contributed by atoms with Crippen LogP contribution in [0.15, 0.2) is 40.9 Å². The Bertz CT molecular complexity index is 659. The molecule has 2 nitrogen and oxygen atoms in total. The third kappa shape index (κ3) is 2.58. The maximum atomic E-state index is 6.30. The van der Waals surface area contributed by atoms with Crippen LogP contribution in [0.25, 0.3) is 0 Å². The Labute approximate surface area is 132 Å². The Morgan fingerprint density at radius 3 is 2.80 bits per heavy atom. The molecule has 0 bridgehead atoms. The van der Waals surface area contributed by atoms with Crippen LogP contribution in [-0.4, -0.2) is 0 Å². The molecule has 4 heteroatoms. The maximum absolute atomic E-state index is 6.30. The monoisotopic (exact) mass is 351 g/mol. The first-order valence-electron chi connectivity index (χ1n) is 6.52. The van der Waals surface area contributed by atoms with E-state index in [-0.39, 0.29) is 12.1 Å². The topological polar surface area (TPSA) is 35.2 Å². The molecule has 0 fully saturated rings. The first-order valence-corrected chi connectivity index (χ1v) is 7.69. The Morgan fingerprint density at radius 2 is 2.00 bits per heavy atom. The summed E-state index contributed by atoms with van der Waals surface area (Å²) in [7, 11) is 0.